The van der Waals surface area contributed by atoms with Crippen LogP contribution in [0.1, 0.15) is 26.7 Å². The molecule has 1 saturated heterocycles. The van der Waals surface area contributed by atoms with Gasteiger partial charge in [0, 0.05) is 35.4 Å². The molecule has 0 radical (unpaired) electrons. The number of hydrogen-bond donors (Lipinski definition) is 1. The lowest BCUT2D eigenvalue weighted by molar-refractivity contribution is 0.261. The monoisotopic (exact) mass is 264 g/mol. The van der Waals surface area contributed by atoms with Crippen LogP contribution in [0.25, 0.3) is 0 Å². The fourth-order valence-electron chi connectivity index (χ4n) is 3.03. The maximum absolute atomic E-state index is 5.97. The normalized spacial score (nSPS) is 32.6. The minimum atomic E-state index is 0.284. The summed E-state index contributed by atoms with van der Waals surface area (Å²) in [5, 5.41) is 4.56. The van der Waals surface area contributed by atoms with Gasteiger partial charge in [0.2, 0.25) is 0 Å². The Hall–Kier alpha value is -0.730. The fraction of sp³-hybridized carbons (Fsp3) is 0.600. The van der Waals surface area contributed by atoms with Crippen LogP contribution < -0.4 is 10.2 Å². The molecule has 2 fully saturated rings. The van der Waals surface area contributed by atoms with Crippen LogP contribution in [0.5, 0.6) is 0 Å². The van der Waals surface area contributed by atoms with Gasteiger partial charge < -0.3 is 10.2 Å². The molecule has 1 aliphatic heterocycles. The smallest absolute Gasteiger partial charge is 0.0407 e. The summed E-state index contributed by atoms with van der Waals surface area (Å²) in [6, 6.07) is 8.79. The van der Waals surface area contributed by atoms with E-state index < -0.39 is 0 Å². The first-order chi connectivity index (χ1) is 8.58. The molecule has 1 aliphatic carbocycles. The van der Waals surface area contributed by atoms with E-state index in [2.05, 4.69) is 36.2 Å². The van der Waals surface area contributed by atoms with Gasteiger partial charge in [-0.05, 0) is 56.9 Å². The summed E-state index contributed by atoms with van der Waals surface area (Å²) in [5.74, 6) is 0.861. The van der Waals surface area contributed by atoms with Crippen LogP contribution in [0, 0.1) is 5.92 Å². The van der Waals surface area contributed by atoms with Gasteiger partial charge in [0.05, 0.1) is 0 Å². The Labute approximate surface area is 114 Å². The first kappa shape index (κ1) is 12.3. The highest BCUT2D eigenvalue weighted by atomic mass is 35.5. The van der Waals surface area contributed by atoms with Crippen molar-refractivity contribution in [3.05, 3.63) is 29.3 Å². The predicted molar refractivity (Wildman–Crippen MR) is 77.4 cm³/mol. The van der Waals surface area contributed by atoms with E-state index in [1.165, 1.54) is 18.5 Å². The topological polar surface area (TPSA) is 15.3 Å². The lowest BCUT2D eigenvalue weighted by atomic mass is 9.91. The quantitative estimate of drug-likeness (QED) is 0.882. The van der Waals surface area contributed by atoms with Gasteiger partial charge in [-0.1, -0.05) is 11.6 Å². The maximum atomic E-state index is 5.97. The summed E-state index contributed by atoms with van der Waals surface area (Å²) in [5.41, 5.74) is 1.58. The van der Waals surface area contributed by atoms with Crippen LogP contribution in [-0.2, 0) is 0 Å². The van der Waals surface area contributed by atoms with Crippen LogP contribution in [0.15, 0.2) is 24.3 Å². The van der Waals surface area contributed by atoms with Crippen LogP contribution in [-0.4, -0.2) is 24.7 Å². The van der Waals surface area contributed by atoms with Gasteiger partial charge in [-0.2, -0.15) is 0 Å². The van der Waals surface area contributed by atoms with Gasteiger partial charge in [0.1, 0.15) is 0 Å². The summed E-state index contributed by atoms with van der Waals surface area (Å²) >= 11 is 5.97. The second-order valence-corrected chi connectivity index (χ2v) is 6.46. The predicted octanol–water partition coefficient (Wildman–Crippen LogP) is 3.31. The van der Waals surface area contributed by atoms with E-state index in [9.17, 15) is 0 Å². The Kier molecular flexibility index (Phi) is 3.03. The summed E-state index contributed by atoms with van der Waals surface area (Å²) < 4.78 is 0. The van der Waals surface area contributed by atoms with E-state index in [1.807, 2.05) is 12.1 Å². The molecule has 18 heavy (non-hydrogen) atoms. The Bertz CT molecular complexity index is 427. The molecule has 2 atom stereocenters. The maximum Gasteiger partial charge on any atom is 0.0407 e. The Morgan fingerprint density at radius 3 is 2.56 bits per heavy atom. The van der Waals surface area contributed by atoms with E-state index in [4.69, 9.17) is 11.6 Å². The number of piperazine rings is 1. The van der Waals surface area contributed by atoms with E-state index >= 15 is 0 Å². The van der Waals surface area contributed by atoms with Gasteiger partial charge in [0.15, 0.2) is 0 Å². The molecule has 0 aromatic heterocycles. The minimum absolute atomic E-state index is 0.284. The molecule has 0 bridgehead atoms. The van der Waals surface area contributed by atoms with Crippen molar-refractivity contribution < 1.29 is 0 Å². The van der Waals surface area contributed by atoms with Crippen molar-refractivity contribution >= 4 is 17.3 Å². The zero-order valence-corrected chi connectivity index (χ0v) is 11.9. The SMILES string of the molecule is CC1CNC(C)(C2CC2)CN1c1ccc(Cl)cc1. The first-order valence-electron chi connectivity index (χ1n) is 6.86. The third-order valence-corrected chi connectivity index (χ3v) is 4.72. The van der Waals surface area contributed by atoms with Crippen LogP contribution in [0.4, 0.5) is 5.69 Å². The zero-order valence-electron chi connectivity index (χ0n) is 11.1. The number of benzene rings is 1. The Morgan fingerprint density at radius 2 is 1.94 bits per heavy atom. The molecule has 1 heterocycles. The molecule has 3 heteroatoms. The van der Waals surface area contributed by atoms with Crippen molar-refractivity contribution in [3.63, 3.8) is 0 Å². The molecule has 1 saturated carbocycles. The average molecular weight is 265 g/mol. The molecule has 0 amide bonds. The van der Waals surface area contributed by atoms with Crippen molar-refractivity contribution in [2.45, 2.75) is 38.3 Å². The third-order valence-electron chi connectivity index (χ3n) is 4.47. The molecular weight excluding hydrogens is 244 g/mol. The summed E-state index contributed by atoms with van der Waals surface area (Å²) in [6.07, 6.45) is 2.76. The standard InChI is InChI=1S/C15H21ClN2/c1-11-9-17-15(2,12-3-4-12)10-18(11)14-7-5-13(16)6-8-14/h5-8,11-12,17H,3-4,9-10H2,1-2H3. The van der Waals surface area contributed by atoms with Gasteiger partial charge in [-0.25, -0.2) is 0 Å². The number of anilines is 1. The molecule has 1 aromatic rings. The highest BCUT2D eigenvalue weighted by Crippen LogP contribution is 2.42. The van der Waals surface area contributed by atoms with Crippen LogP contribution in [0.3, 0.4) is 0 Å². The van der Waals surface area contributed by atoms with Crippen LogP contribution >= 0.6 is 11.6 Å². The second-order valence-electron chi connectivity index (χ2n) is 6.03. The van der Waals surface area contributed by atoms with Gasteiger partial charge in [-0.3, -0.25) is 0 Å². The number of halogens is 1. The van der Waals surface area contributed by atoms with E-state index in [-0.39, 0.29) is 5.54 Å². The van der Waals surface area contributed by atoms with Gasteiger partial charge >= 0.3 is 0 Å². The molecule has 0 spiro atoms. The lowest BCUT2D eigenvalue weighted by Gasteiger charge is -2.47. The van der Waals surface area contributed by atoms with Crippen molar-refractivity contribution in [2.75, 3.05) is 18.0 Å². The highest BCUT2D eigenvalue weighted by Gasteiger charge is 2.45. The first-order valence-corrected chi connectivity index (χ1v) is 7.23. The van der Waals surface area contributed by atoms with E-state index in [1.54, 1.807) is 0 Å². The Morgan fingerprint density at radius 1 is 1.28 bits per heavy atom. The fourth-order valence-corrected chi connectivity index (χ4v) is 3.15. The second kappa shape index (κ2) is 4.43. The molecule has 1 aromatic carbocycles. The molecule has 1 N–H and O–H groups in total. The highest BCUT2D eigenvalue weighted by molar-refractivity contribution is 6.30. The summed E-state index contributed by atoms with van der Waals surface area (Å²) in [7, 11) is 0. The largest absolute Gasteiger partial charge is 0.366 e. The molecular formula is C15H21ClN2. The summed E-state index contributed by atoms with van der Waals surface area (Å²) in [6.45, 7) is 6.82. The zero-order chi connectivity index (χ0) is 12.8. The number of nitrogens with one attached hydrogen (secondary N) is 1. The number of nitrogens with zero attached hydrogens (tertiary/aromatic N) is 1. The average Bonchev–Trinajstić information content (AvgIpc) is 3.18. The van der Waals surface area contributed by atoms with Gasteiger partial charge in [0.25, 0.3) is 0 Å². The van der Waals surface area contributed by atoms with Crippen LogP contribution in [0.2, 0.25) is 5.02 Å². The minimum Gasteiger partial charge on any atom is -0.366 e. The third kappa shape index (κ3) is 2.24. The van der Waals surface area contributed by atoms with Crippen molar-refractivity contribution in [1.82, 2.24) is 5.32 Å². The van der Waals surface area contributed by atoms with E-state index in [0.717, 1.165) is 24.0 Å². The van der Waals surface area contributed by atoms with E-state index in [0.29, 0.717) is 6.04 Å². The number of hydrogen-bond acceptors (Lipinski definition) is 2. The molecule has 98 valence electrons. The van der Waals surface area contributed by atoms with Crippen molar-refractivity contribution in [3.8, 4) is 0 Å². The Balaban J connectivity index is 1.82. The molecule has 2 aliphatic rings. The van der Waals surface area contributed by atoms with Gasteiger partial charge in [-0.15, -0.1) is 0 Å². The lowest BCUT2D eigenvalue weighted by Crippen LogP contribution is -2.63. The molecule has 3 rings (SSSR count). The van der Waals surface area contributed by atoms with Crippen molar-refractivity contribution in [1.29, 1.82) is 0 Å². The summed E-state index contributed by atoms with van der Waals surface area (Å²) in [4.78, 5) is 2.52. The molecule has 2 unspecified atom stereocenters. The number of rotatable bonds is 2. The van der Waals surface area contributed by atoms with Crippen molar-refractivity contribution in [2.24, 2.45) is 5.92 Å². The molecule has 2 nitrogen and oxygen atoms in total.